The molecule has 1 heterocycles. The number of alkyl halides is 1. The Kier molecular flexibility index (Phi) is 3.85. The Hall–Kier alpha value is -2.39. The molecule has 24 heavy (non-hydrogen) atoms. The van der Waals surface area contributed by atoms with E-state index in [1.807, 2.05) is 0 Å². The van der Waals surface area contributed by atoms with Gasteiger partial charge in [0.25, 0.3) is 0 Å². The number of carbonyl (C=O) groups is 1. The van der Waals surface area contributed by atoms with Crippen molar-refractivity contribution in [1.82, 2.24) is 4.57 Å². The lowest BCUT2D eigenvalue weighted by Crippen LogP contribution is -2.26. The monoisotopic (exact) mass is 345 g/mol. The van der Waals surface area contributed by atoms with E-state index in [9.17, 15) is 31.4 Å². The Morgan fingerprint density at radius 3 is 2.50 bits per heavy atom. The number of nitrogens with zero attached hydrogens (tertiary/aromatic N) is 1. The molecule has 1 fully saturated rings. The van der Waals surface area contributed by atoms with Crippen LogP contribution in [0.3, 0.4) is 0 Å². The van der Waals surface area contributed by atoms with Gasteiger partial charge in [-0.15, -0.1) is 0 Å². The number of hydrogen-bond acceptors (Lipinski definition) is 3. The first-order valence-corrected chi connectivity index (χ1v) is 6.85. The lowest BCUT2D eigenvalue weighted by Gasteiger charge is -2.15. The zero-order chi connectivity index (χ0) is 17.8. The van der Waals surface area contributed by atoms with Crippen LogP contribution in [-0.4, -0.2) is 30.8 Å². The van der Waals surface area contributed by atoms with Gasteiger partial charge >= 0.3 is 7.27 Å². The molecule has 0 N–H and O–H groups in total. The van der Waals surface area contributed by atoms with Crippen molar-refractivity contribution in [3.05, 3.63) is 39.7 Å². The Bertz CT molecular complexity index is 914. The molecule has 0 radical (unpaired) electrons. The van der Waals surface area contributed by atoms with E-state index in [2.05, 4.69) is 0 Å². The van der Waals surface area contributed by atoms with Crippen LogP contribution < -0.4 is 10.2 Å². The molecule has 1 aromatic carbocycles. The third-order valence-electron chi connectivity index (χ3n) is 3.87. The van der Waals surface area contributed by atoms with Crippen molar-refractivity contribution in [2.24, 2.45) is 0 Å². The normalized spacial score (nSPS) is 19.4. The minimum atomic E-state index is -3.46. The summed E-state index contributed by atoms with van der Waals surface area (Å²) in [5.74, 6) is -3.50. The van der Waals surface area contributed by atoms with Crippen molar-refractivity contribution >= 4 is 23.9 Å². The summed E-state index contributed by atoms with van der Waals surface area (Å²) in [6.45, 7) is 0. The van der Waals surface area contributed by atoms with Crippen molar-refractivity contribution < 1.29 is 31.3 Å². The zero-order valence-electron chi connectivity index (χ0n) is 12.2. The maximum atomic E-state index is 13.9. The molecule has 0 aliphatic heterocycles. The molecule has 1 aliphatic carbocycles. The van der Waals surface area contributed by atoms with Crippen LogP contribution in [0, 0.1) is 11.6 Å². The van der Waals surface area contributed by atoms with Gasteiger partial charge in [0.15, 0.2) is 17.0 Å². The van der Waals surface area contributed by atoms with Crippen molar-refractivity contribution in [2.75, 3.05) is 7.11 Å². The summed E-state index contributed by atoms with van der Waals surface area (Å²) >= 11 is 0. The molecule has 1 aliphatic rings. The minimum absolute atomic E-state index is 0.0115. The van der Waals surface area contributed by atoms with E-state index in [1.165, 1.54) is 0 Å². The topological polar surface area (TPSA) is 48.3 Å². The molecule has 1 saturated carbocycles. The number of ether oxygens (including phenoxy) is 1. The average molecular weight is 345 g/mol. The van der Waals surface area contributed by atoms with Crippen molar-refractivity contribution in [3.8, 4) is 5.75 Å². The van der Waals surface area contributed by atoms with Gasteiger partial charge in [-0.2, -0.15) is 4.39 Å². The Morgan fingerprint density at radius 2 is 2.00 bits per heavy atom. The number of hydrogen-bond donors (Lipinski definition) is 0. The van der Waals surface area contributed by atoms with Crippen LogP contribution >= 0.6 is 0 Å². The summed E-state index contributed by atoms with van der Waals surface area (Å²) in [4.78, 5) is 23.8. The highest BCUT2D eigenvalue weighted by Gasteiger charge is 2.41. The van der Waals surface area contributed by atoms with Crippen molar-refractivity contribution in [2.45, 2.75) is 18.6 Å². The van der Waals surface area contributed by atoms with Crippen molar-refractivity contribution in [3.63, 3.8) is 0 Å². The van der Waals surface area contributed by atoms with Crippen molar-refractivity contribution in [1.29, 1.82) is 0 Å². The number of methoxy groups -OCH3 is 1. The summed E-state index contributed by atoms with van der Waals surface area (Å²) in [5, 5.41) is -0.531. The zero-order valence-corrected chi connectivity index (χ0v) is 12.2. The van der Waals surface area contributed by atoms with Gasteiger partial charge in [0, 0.05) is 12.6 Å². The maximum absolute atomic E-state index is 13.9. The summed E-state index contributed by atoms with van der Waals surface area (Å²) in [7, 11) is -2.44. The molecule has 126 valence electrons. The molecule has 4 nitrogen and oxygen atoms in total. The molecule has 0 amide bonds. The van der Waals surface area contributed by atoms with E-state index >= 15 is 0 Å². The van der Waals surface area contributed by atoms with Gasteiger partial charge in [-0.25, -0.2) is 8.78 Å². The average Bonchev–Trinajstić information content (AvgIpc) is 3.26. The molecule has 1 aromatic heterocycles. The summed E-state index contributed by atoms with van der Waals surface area (Å²) < 4.78 is 72.2. The third kappa shape index (κ3) is 2.36. The van der Waals surface area contributed by atoms with Gasteiger partial charge in [0.1, 0.15) is 6.17 Å². The highest BCUT2D eigenvalue weighted by Crippen LogP contribution is 2.43. The second-order valence-corrected chi connectivity index (χ2v) is 5.36. The van der Waals surface area contributed by atoms with Crippen LogP contribution in [0.25, 0.3) is 10.9 Å². The predicted molar refractivity (Wildman–Crippen MR) is 75.5 cm³/mol. The van der Waals surface area contributed by atoms with Gasteiger partial charge in [-0.3, -0.25) is 18.2 Å². The molecule has 0 bridgehead atoms. The van der Waals surface area contributed by atoms with Gasteiger partial charge in [0.2, 0.25) is 11.5 Å². The predicted octanol–water partition coefficient (Wildman–Crippen LogP) is 2.72. The number of halogens is 5. The smallest absolute Gasteiger partial charge is 0.491 e. The fourth-order valence-corrected chi connectivity index (χ4v) is 2.61. The van der Waals surface area contributed by atoms with E-state index in [-0.39, 0.29) is 11.9 Å². The minimum Gasteiger partial charge on any atom is -0.491 e. The lowest BCUT2D eigenvalue weighted by atomic mass is 9.85. The molecule has 2 atom stereocenters. The molecule has 3 rings (SSSR count). The molecule has 2 aromatic rings. The summed E-state index contributed by atoms with van der Waals surface area (Å²) in [5.41, 5.74) is -4.16. The number of fused-ring (bicyclic) bond motifs is 1. The van der Waals surface area contributed by atoms with Crippen LogP contribution in [0.1, 0.15) is 22.8 Å². The van der Waals surface area contributed by atoms with Gasteiger partial charge in [0.05, 0.1) is 29.6 Å². The van der Waals surface area contributed by atoms with Crippen LogP contribution in [0.5, 0.6) is 5.75 Å². The molecular weight excluding hydrogens is 336 g/mol. The quantitative estimate of drug-likeness (QED) is 0.633. The largest absolute Gasteiger partial charge is 0.614 e. The highest BCUT2D eigenvalue weighted by atomic mass is 19.2. The number of rotatable bonds is 4. The first kappa shape index (κ1) is 16.5. The maximum Gasteiger partial charge on any atom is 0.614 e. The first-order chi connectivity index (χ1) is 11.3. The third-order valence-corrected chi connectivity index (χ3v) is 3.87. The van der Waals surface area contributed by atoms with E-state index in [4.69, 9.17) is 4.74 Å². The number of aromatic nitrogens is 1. The van der Waals surface area contributed by atoms with Crippen LogP contribution in [0.4, 0.5) is 21.8 Å². The van der Waals surface area contributed by atoms with Gasteiger partial charge in [-0.05, 0) is 6.07 Å². The van der Waals surface area contributed by atoms with E-state index in [0.29, 0.717) is 6.07 Å². The fraction of sp³-hybridized carbons (Fsp3) is 0.286. The Labute approximate surface area is 132 Å². The van der Waals surface area contributed by atoms with Crippen LogP contribution in [0.15, 0.2) is 17.1 Å². The molecule has 0 saturated heterocycles. The molecule has 10 heteroatoms. The van der Waals surface area contributed by atoms with E-state index in [0.717, 1.165) is 17.9 Å². The fourth-order valence-electron chi connectivity index (χ4n) is 2.61. The SMILES string of the molecule is COc1c(F)c(F)cc2c(=O)c(C(=O)B(F)F)cn([C@@H]3C[C@@H]3F)c12. The standard InChI is InChI=1S/C14H9BF5NO3/c1-24-13-10(18)8(17)2-5-11(13)21(9-3-7(9)16)4-6(12(5)22)14(23)15(19)20/h2,4,7,9H,3H2,1H3/t7-,9+/m0/s1. The van der Waals surface area contributed by atoms with Gasteiger partial charge < -0.3 is 9.30 Å². The molecule has 0 unspecified atom stereocenters. The highest BCUT2D eigenvalue weighted by molar-refractivity contribution is 6.82. The van der Waals surface area contributed by atoms with Gasteiger partial charge in [-0.1, -0.05) is 0 Å². The number of pyridine rings is 1. The molecule has 0 spiro atoms. The number of carbonyl (C=O) groups excluding carboxylic acids is 1. The first-order valence-electron chi connectivity index (χ1n) is 6.85. The molecular formula is C14H9BF5NO3. The second kappa shape index (κ2) is 5.61. The van der Waals surface area contributed by atoms with Crippen LogP contribution in [0.2, 0.25) is 0 Å². The Morgan fingerprint density at radius 1 is 1.38 bits per heavy atom. The van der Waals surface area contributed by atoms with E-state index < -0.39 is 58.9 Å². The summed E-state index contributed by atoms with van der Waals surface area (Å²) in [6, 6.07) is -0.389. The number of benzene rings is 1. The van der Waals surface area contributed by atoms with Crippen LogP contribution in [-0.2, 0) is 0 Å². The second-order valence-electron chi connectivity index (χ2n) is 5.36. The summed E-state index contributed by atoms with van der Waals surface area (Å²) in [6.07, 6.45) is -0.617. The Balaban J connectivity index is 2.44. The lowest BCUT2D eigenvalue weighted by molar-refractivity contribution is 0.105. The van der Waals surface area contributed by atoms with E-state index in [1.54, 1.807) is 0 Å².